The molecule has 0 aliphatic heterocycles. The standard InChI is InChI=1S/C17H19ClN2O7S/c1-2-4-16(21)26-10-27-17(22)12-7-15(28(19,23)24)13(18)8-14(12)20-9-11-5-3-6-25-11/h3,5-8,20H,2,4,9-10H2,1H3,(H2,19,23,24). The molecule has 1 aromatic heterocycles. The number of sulfonamides is 1. The summed E-state index contributed by atoms with van der Waals surface area (Å²) in [6, 6.07) is 5.63. The Hall–Kier alpha value is -2.56. The second kappa shape index (κ2) is 9.58. The van der Waals surface area contributed by atoms with Crippen LogP contribution in [-0.2, 0) is 30.8 Å². The van der Waals surface area contributed by atoms with Crippen LogP contribution in [0.1, 0.15) is 35.9 Å². The number of nitrogens with two attached hydrogens (primary N) is 1. The van der Waals surface area contributed by atoms with Crippen molar-refractivity contribution in [1.29, 1.82) is 0 Å². The number of ether oxygens (including phenoxy) is 2. The zero-order valence-corrected chi connectivity index (χ0v) is 16.5. The van der Waals surface area contributed by atoms with Crippen molar-refractivity contribution in [2.75, 3.05) is 12.1 Å². The number of furan rings is 1. The molecular weight excluding hydrogens is 412 g/mol. The number of carbonyl (C=O) groups is 2. The Labute approximate surface area is 166 Å². The normalized spacial score (nSPS) is 11.1. The lowest BCUT2D eigenvalue weighted by molar-refractivity contribution is -0.152. The lowest BCUT2D eigenvalue weighted by Gasteiger charge is -2.14. The van der Waals surface area contributed by atoms with Gasteiger partial charge in [-0.05, 0) is 30.7 Å². The molecule has 0 amide bonds. The molecule has 2 aromatic rings. The second-order valence-electron chi connectivity index (χ2n) is 5.62. The highest BCUT2D eigenvalue weighted by Crippen LogP contribution is 2.29. The van der Waals surface area contributed by atoms with Crippen LogP contribution in [0.3, 0.4) is 0 Å². The third-order valence-corrected chi connectivity index (χ3v) is 4.87. The molecule has 11 heteroatoms. The van der Waals surface area contributed by atoms with Crippen molar-refractivity contribution < 1.29 is 31.9 Å². The topological polar surface area (TPSA) is 138 Å². The highest BCUT2D eigenvalue weighted by atomic mass is 35.5. The zero-order valence-electron chi connectivity index (χ0n) is 14.9. The van der Waals surface area contributed by atoms with Gasteiger partial charge in [0.25, 0.3) is 0 Å². The van der Waals surface area contributed by atoms with Gasteiger partial charge >= 0.3 is 11.9 Å². The summed E-state index contributed by atoms with van der Waals surface area (Å²) >= 11 is 5.99. The van der Waals surface area contributed by atoms with E-state index in [0.29, 0.717) is 12.2 Å². The van der Waals surface area contributed by atoms with Gasteiger partial charge in [0.2, 0.25) is 16.8 Å². The minimum Gasteiger partial charge on any atom is -0.467 e. The van der Waals surface area contributed by atoms with Crippen molar-refractivity contribution >= 4 is 39.3 Å². The fourth-order valence-electron chi connectivity index (χ4n) is 2.18. The summed E-state index contributed by atoms with van der Waals surface area (Å²) in [6.45, 7) is 1.39. The van der Waals surface area contributed by atoms with E-state index in [9.17, 15) is 18.0 Å². The number of nitrogens with one attached hydrogen (secondary N) is 1. The Morgan fingerprint density at radius 2 is 2.04 bits per heavy atom. The monoisotopic (exact) mass is 430 g/mol. The Kier molecular flexibility index (Phi) is 7.44. The Balaban J connectivity index is 2.24. The van der Waals surface area contributed by atoms with E-state index in [1.807, 2.05) is 0 Å². The van der Waals surface area contributed by atoms with Crippen molar-refractivity contribution in [1.82, 2.24) is 0 Å². The van der Waals surface area contributed by atoms with E-state index < -0.39 is 33.7 Å². The fraction of sp³-hybridized carbons (Fsp3) is 0.294. The van der Waals surface area contributed by atoms with E-state index in [0.717, 1.165) is 6.07 Å². The molecule has 3 N–H and O–H groups in total. The van der Waals surface area contributed by atoms with Crippen LogP contribution in [0.2, 0.25) is 5.02 Å². The van der Waals surface area contributed by atoms with Gasteiger partial charge in [0, 0.05) is 6.42 Å². The van der Waals surface area contributed by atoms with Crippen LogP contribution in [0.5, 0.6) is 0 Å². The maximum atomic E-state index is 12.4. The van der Waals surface area contributed by atoms with E-state index >= 15 is 0 Å². The van der Waals surface area contributed by atoms with E-state index in [1.54, 1.807) is 19.1 Å². The molecule has 0 fully saturated rings. The molecule has 0 unspecified atom stereocenters. The largest absolute Gasteiger partial charge is 0.467 e. The molecule has 0 saturated carbocycles. The van der Waals surface area contributed by atoms with Gasteiger partial charge < -0.3 is 19.2 Å². The molecule has 0 atom stereocenters. The number of benzene rings is 1. The van der Waals surface area contributed by atoms with Gasteiger partial charge in [0.05, 0.1) is 29.1 Å². The van der Waals surface area contributed by atoms with Gasteiger partial charge in [-0.15, -0.1) is 0 Å². The van der Waals surface area contributed by atoms with Crippen LogP contribution in [0.4, 0.5) is 5.69 Å². The molecule has 0 saturated heterocycles. The van der Waals surface area contributed by atoms with Crippen molar-refractivity contribution in [2.45, 2.75) is 31.2 Å². The maximum absolute atomic E-state index is 12.4. The highest BCUT2D eigenvalue weighted by Gasteiger charge is 2.22. The third-order valence-electron chi connectivity index (χ3n) is 3.50. The number of carbonyl (C=O) groups excluding carboxylic acids is 2. The summed E-state index contributed by atoms with van der Waals surface area (Å²) < 4.78 is 38.3. The van der Waals surface area contributed by atoms with Crippen LogP contribution in [0, 0.1) is 0 Å². The average molecular weight is 431 g/mol. The number of anilines is 1. The summed E-state index contributed by atoms with van der Waals surface area (Å²) in [5.74, 6) is -0.875. The number of hydrogen-bond acceptors (Lipinski definition) is 8. The lowest BCUT2D eigenvalue weighted by atomic mass is 10.1. The number of halogens is 1. The molecule has 28 heavy (non-hydrogen) atoms. The predicted molar refractivity (Wildman–Crippen MR) is 100 cm³/mol. The third kappa shape index (κ3) is 5.98. The Morgan fingerprint density at radius 3 is 2.64 bits per heavy atom. The molecular formula is C17H19ClN2O7S. The lowest BCUT2D eigenvalue weighted by Crippen LogP contribution is -2.17. The molecule has 2 rings (SSSR count). The van der Waals surface area contributed by atoms with Gasteiger partial charge in [-0.1, -0.05) is 18.5 Å². The van der Waals surface area contributed by atoms with Gasteiger partial charge in [-0.25, -0.2) is 18.4 Å². The minimum atomic E-state index is -4.18. The molecule has 0 bridgehead atoms. The minimum absolute atomic E-state index is 0.147. The number of esters is 2. The summed E-state index contributed by atoms with van der Waals surface area (Å²) in [7, 11) is -4.18. The molecule has 1 heterocycles. The number of hydrogen-bond donors (Lipinski definition) is 2. The summed E-state index contributed by atoms with van der Waals surface area (Å²) in [6.07, 6.45) is 2.25. The van der Waals surface area contributed by atoms with E-state index in [4.69, 9.17) is 30.6 Å². The Bertz CT molecular complexity index is 943. The van der Waals surface area contributed by atoms with Gasteiger partial charge in [-0.3, -0.25) is 4.79 Å². The Morgan fingerprint density at radius 1 is 1.29 bits per heavy atom. The molecule has 152 valence electrons. The quantitative estimate of drug-likeness (QED) is 0.457. The second-order valence-corrected chi connectivity index (χ2v) is 7.56. The summed E-state index contributed by atoms with van der Waals surface area (Å²) in [5, 5.41) is 7.87. The van der Waals surface area contributed by atoms with E-state index in [1.165, 1.54) is 12.3 Å². The predicted octanol–water partition coefficient (Wildman–Crippen LogP) is 2.65. The van der Waals surface area contributed by atoms with Crippen molar-refractivity contribution in [2.24, 2.45) is 5.14 Å². The first-order chi connectivity index (χ1) is 13.2. The number of rotatable bonds is 9. The van der Waals surface area contributed by atoms with Crippen LogP contribution in [0.25, 0.3) is 0 Å². The smallest absolute Gasteiger partial charge is 0.343 e. The first kappa shape index (κ1) is 21.7. The number of primary sulfonamides is 1. The molecule has 0 aliphatic carbocycles. The van der Waals surface area contributed by atoms with Gasteiger partial charge in [0.15, 0.2) is 0 Å². The fourth-order valence-corrected chi connectivity index (χ4v) is 3.28. The molecule has 0 spiro atoms. The van der Waals surface area contributed by atoms with Gasteiger partial charge in [0.1, 0.15) is 10.7 Å². The van der Waals surface area contributed by atoms with Crippen molar-refractivity contribution in [3.63, 3.8) is 0 Å². The van der Waals surface area contributed by atoms with E-state index in [-0.39, 0.29) is 29.2 Å². The van der Waals surface area contributed by atoms with Crippen LogP contribution < -0.4 is 10.5 Å². The molecule has 0 aliphatic rings. The summed E-state index contributed by atoms with van der Waals surface area (Å²) in [5.41, 5.74) is 0.0465. The first-order valence-electron chi connectivity index (χ1n) is 8.17. The summed E-state index contributed by atoms with van der Waals surface area (Å²) in [4.78, 5) is 23.3. The molecule has 9 nitrogen and oxygen atoms in total. The van der Waals surface area contributed by atoms with Gasteiger partial charge in [-0.2, -0.15) is 0 Å². The molecule has 0 radical (unpaired) electrons. The average Bonchev–Trinajstić information content (AvgIpc) is 3.12. The zero-order chi connectivity index (χ0) is 20.7. The molecule has 1 aromatic carbocycles. The maximum Gasteiger partial charge on any atom is 0.343 e. The first-order valence-corrected chi connectivity index (χ1v) is 10.1. The highest BCUT2D eigenvalue weighted by molar-refractivity contribution is 7.89. The van der Waals surface area contributed by atoms with Crippen LogP contribution in [-0.4, -0.2) is 27.1 Å². The van der Waals surface area contributed by atoms with Crippen LogP contribution in [0.15, 0.2) is 39.8 Å². The SMILES string of the molecule is CCCC(=O)OCOC(=O)c1cc(S(N)(=O)=O)c(Cl)cc1NCc1ccco1. The van der Waals surface area contributed by atoms with Crippen LogP contribution >= 0.6 is 11.6 Å². The van der Waals surface area contributed by atoms with Crippen molar-refractivity contribution in [3.05, 3.63) is 46.9 Å². The van der Waals surface area contributed by atoms with Crippen molar-refractivity contribution in [3.8, 4) is 0 Å². The van der Waals surface area contributed by atoms with E-state index in [2.05, 4.69) is 5.32 Å².